The van der Waals surface area contributed by atoms with Gasteiger partial charge in [0.1, 0.15) is 0 Å². The Bertz CT molecular complexity index is 599. The van der Waals surface area contributed by atoms with Crippen molar-refractivity contribution in [2.45, 2.75) is 76.8 Å². The summed E-state index contributed by atoms with van der Waals surface area (Å²) in [6.45, 7) is 10.4. The van der Waals surface area contributed by atoms with Crippen molar-refractivity contribution in [3.05, 3.63) is 35.9 Å². The molecule has 2 fully saturated rings. The molecule has 144 valence electrons. The van der Waals surface area contributed by atoms with Gasteiger partial charge in [-0.1, -0.05) is 30.3 Å². The molecule has 2 amide bonds. The van der Waals surface area contributed by atoms with E-state index in [1.807, 2.05) is 13.8 Å². The zero-order valence-electron chi connectivity index (χ0n) is 16.5. The van der Waals surface area contributed by atoms with E-state index in [4.69, 9.17) is 4.74 Å². The first-order chi connectivity index (χ1) is 12.4. The van der Waals surface area contributed by atoms with Gasteiger partial charge in [0, 0.05) is 31.6 Å². The first-order valence-electron chi connectivity index (χ1n) is 9.91. The summed E-state index contributed by atoms with van der Waals surface area (Å²) in [4.78, 5) is 14.8. The first-order valence-corrected chi connectivity index (χ1v) is 9.91. The molecule has 1 aliphatic heterocycles. The number of hydrogen-bond donors (Lipinski definition) is 2. The minimum absolute atomic E-state index is 0.0550. The van der Waals surface area contributed by atoms with Gasteiger partial charge in [-0.2, -0.15) is 0 Å². The number of hydrogen-bond acceptors (Lipinski definition) is 3. The van der Waals surface area contributed by atoms with E-state index < -0.39 is 0 Å². The Labute approximate surface area is 157 Å². The second-order valence-electron chi connectivity index (χ2n) is 8.25. The van der Waals surface area contributed by atoms with Crippen LogP contribution in [0.1, 0.15) is 58.6 Å². The van der Waals surface area contributed by atoms with Gasteiger partial charge in [0.05, 0.1) is 17.7 Å². The number of rotatable bonds is 6. The first kappa shape index (κ1) is 19.2. The van der Waals surface area contributed by atoms with Crippen molar-refractivity contribution in [1.82, 2.24) is 15.5 Å². The molecule has 0 radical (unpaired) electrons. The van der Waals surface area contributed by atoms with Crippen molar-refractivity contribution in [3.8, 4) is 0 Å². The maximum absolute atomic E-state index is 12.3. The van der Waals surface area contributed by atoms with Crippen LogP contribution in [0.5, 0.6) is 0 Å². The van der Waals surface area contributed by atoms with Crippen LogP contribution in [0.2, 0.25) is 0 Å². The van der Waals surface area contributed by atoms with Crippen LogP contribution < -0.4 is 10.6 Å². The summed E-state index contributed by atoms with van der Waals surface area (Å²) in [6.07, 6.45) is 3.07. The lowest BCUT2D eigenvalue weighted by Gasteiger charge is -2.36. The number of piperidine rings is 1. The lowest BCUT2D eigenvalue weighted by atomic mass is 10.0. The van der Waals surface area contributed by atoms with Crippen molar-refractivity contribution in [3.63, 3.8) is 0 Å². The molecule has 2 aliphatic rings. The van der Waals surface area contributed by atoms with Gasteiger partial charge in [0.15, 0.2) is 0 Å². The molecule has 1 unspecified atom stereocenters. The Morgan fingerprint density at radius 1 is 1.15 bits per heavy atom. The number of likely N-dealkylation sites (tertiary alicyclic amines) is 1. The summed E-state index contributed by atoms with van der Waals surface area (Å²) in [5.41, 5.74) is 1.16. The van der Waals surface area contributed by atoms with E-state index in [9.17, 15) is 4.79 Å². The topological polar surface area (TPSA) is 53.6 Å². The van der Waals surface area contributed by atoms with Gasteiger partial charge in [-0.25, -0.2) is 4.79 Å². The molecular formula is C21H33N3O2. The smallest absolute Gasteiger partial charge is 0.315 e. The van der Waals surface area contributed by atoms with E-state index in [1.54, 1.807) is 0 Å². The molecule has 0 spiro atoms. The molecule has 1 aromatic rings. The average molecular weight is 360 g/mol. The van der Waals surface area contributed by atoms with Crippen LogP contribution in [0.4, 0.5) is 4.79 Å². The molecule has 26 heavy (non-hydrogen) atoms. The Morgan fingerprint density at radius 3 is 2.42 bits per heavy atom. The van der Waals surface area contributed by atoms with Gasteiger partial charge in [0.25, 0.3) is 0 Å². The molecule has 3 atom stereocenters. The van der Waals surface area contributed by atoms with Crippen LogP contribution in [0.25, 0.3) is 0 Å². The molecule has 1 saturated carbocycles. The van der Waals surface area contributed by atoms with Gasteiger partial charge in [-0.3, -0.25) is 4.90 Å². The zero-order valence-corrected chi connectivity index (χ0v) is 16.5. The van der Waals surface area contributed by atoms with Gasteiger partial charge in [-0.05, 0) is 46.1 Å². The molecule has 2 N–H and O–H groups in total. The highest BCUT2D eigenvalue weighted by Gasteiger charge is 2.53. The minimum Gasteiger partial charge on any atom is -0.370 e. The number of amides is 2. The number of benzene rings is 1. The monoisotopic (exact) mass is 359 g/mol. The minimum atomic E-state index is -0.194. The fraction of sp³-hybridized carbons (Fsp3) is 0.667. The Balaban J connectivity index is 1.40. The van der Waals surface area contributed by atoms with Crippen LogP contribution in [-0.2, 0) is 4.74 Å². The summed E-state index contributed by atoms with van der Waals surface area (Å²) in [6, 6.07) is 11.4. The van der Waals surface area contributed by atoms with Crippen molar-refractivity contribution >= 4 is 6.03 Å². The predicted octanol–water partition coefficient (Wildman–Crippen LogP) is 3.47. The zero-order chi connectivity index (χ0) is 18.7. The Hall–Kier alpha value is -1.59. The third-order valence-electron chi connectivity index (χ3n) is 5.69. The quantitative estimate of drug-likeness (QED) is 0.818. The lowest BCUT2D eigenvalue weighted by molar-refractivity contribution is -0.00466. The average Bonchev–Trinajstić information content (AvgIpc) is 3.23. The predicted molar refractivity (Wildman–Crippen MR) is 104 cm³/mol. The fourth-order valence-electron chi connectivity index (χ4n) is 3.98. The lowest BCUT2D eigenvalue weighted by Crippen LogP contribution is -2.49. The Morgan fingerprint density at radius 2 is 1.81 bits per heavy atom. The summed E-state index contributed by atoms with van der Waals surface area (Å²) in [5, 5.41) is 6.22. The van der Waals surface area contributed by atoms with Crippen molar-refractivity contribution in [2.24, 2.45) is 0 Å². The van der Waals surface area contributed by atoms with Gasteiger partial charge >= 0.3 is 6.03 Å². The van der Waals surface area contributed by atoms with Gasteiger partial charge < -0.3 is 15.4 Å². The van der Waals surface area contributed by atoms with E-state index >= 15 is 0 Å². The molecule has 1 aliphatic carbocycles. The molecule has 1 aromatic carbocycles. The number of nitrogens with zero attached hydrogens (tertiary/aromatic N) is 1. The van der Waals surface area contributed by atoms with E-state index in [0.29, 0.717) is 6.04 Å². The number of urea groups is 1. The van der Waals surface area contributed by atoms with Gasteiger partial charge in [-0.15, -0.1) is 0 Å². The summed E-state index contributed by atoms with van der Waals surface area (Å²) in [5.74, 6) is 0. The molecule has 3 rings (SSSR count). The van der Waals surface area contributed by atoms with Crippen molar-refractivity contribution in [1.29, 1.82) is 0 Å². The van der Waals surface area contributed by atoms with Crippen LogP contribution in [0, 0.1) is 0 Å². The molecule has 5 nitrogen and oxygen atoms in total. The molecule has 1 heterocycles. The molecule has 0 bridgehead atoms. The van der Waals surface area contributed by atoms with Crippen LogP contribution in [-0.4, -0.2) is 47.8 Å². The summed E-state index contributed by atoms with van der Waals surface area (Å²) >= 11 is 0. The number of ether oxygens (including phenoxy) is 1. The fourth-order valence-corrected chi connectivity index (χ4v) is 3.98. The largest absolute Gasteiger partial charge is 0.370 e. The number of carbonyl (C=O) groups excluding carboxylic acids is 1. The molecule has 1 saturated heterocycles. The standard InChI is InChI=1S/C21H33N3O2/c1-15(2)26-21(4)14-19(21)23-20(25)22-18-10-12-24(13-11-18)16(3)17-8-6-5-7-9-17/h5-9,15-16,18-19H,10-14H2,1-4H3,(H2,22,23,25)/t16?,19-,21+/m1/s1. The van der Waals surface area contributed by atoms with Crippen LogP contribution in [0.15, 0.2) is 30.3 Å². The van der Waals surface area contributed by atoms with E-state index in [2.05, 4.69) is 59.7 Å². The highest BCUT2D eigenvalue weighted by atomic mass is 16.5. The third kappa shape index (κ3) is 4.77. The SMILES string of the molecule is CC(C)O[C@@]1(C)C[C@H]1NC(=O)NC1CCN(C(C)c2ccccc2)CC1. The summed E-state index contributed by atoms with van der Waals surface area (Å²) < 4.78 is 5.89. The maximum Gasteiger partial charge on any atom is 0.315 e. The number of carbonyl (C=O) groups is 1. The Kier molecular flexibility index (Phi) is 5.88. The summed E-state index contributed by atoms with van der Waals surface area (Å²) in [7, 11) is 0. The number of nitrogens with one attached hydrogen (secondary N) is 2. The van der Waals surface area contributed by atoms with Crippen molar-refractivity contribution in [2.75, 3.05) is 13.1 Å². The van der Waals surface area contributed by atoms with Crippen LogP contribution >= 0.6 is 0 Å². The maximum atomic E-state index is 12.3. The van der Waals surface area contributed by atoms with E-state index in [-0.39, 0.29) is 29.8 Å². The van der Waals surface area contributed by atoms with Crippen LogP contribution in [0.3, 0.4) is 0 Å². The highest BCUT2D eigenvalue weighted by molar-refractivity contribution is 5.75. The van der Waals surface area contributed by atoms with Gasteiger partial charge in [0.2, 0.25) is 0 Å². The second kappa shape index (κ2) is 7.97. The molecule has 5 heteroatoms. The molecule has 0 aromatic heterocycles. The van der Waals surface area contributed by atoms with E-state index in [1.165, 1.54) is 5.56 Å². The third-order valence-corrected chi connectivity index (χ3v) is 5.69. The normalized spacial score (nSPS) is 28.0. The highest BCUT2D eigenvalue weighted by Crippen LogP contribution is 2.40. The van der Waals surface area contributed by atoms with Crippen molar-refractivity contribution < 1.29 is 9.53 Å². The second-order valence-corrected chi connectivity index (χ2v) is 8.25. The van der Waals surface area contributed by atoms with E-state index in [0.717, 1.165) is 32.4 Å². The molecular weight excluding hydrogens is 326 g/mol.